The molecule has 6 nitrogen and oxygen atoms in total. The molecule has 3 aromatic carbocycles. The summed E-state index contributed by atoms with van der Waals surface area (Å²) in [6.07, 6.45) is 0. The second kappa shape index (κ2) is 11.1. The molecular weight excluding hydrogens is 444 g/mol. The van der Waals surface area contributed by atoms with Crippen LogP contribution in [0.15, 0.2) is 84.0 Å². The number of aromatic nitrogens is 3. The zero-order valence-corrected chi connectivity index (χ0v) is 20.4. The van der Waals surface area contributed by atoms with E-state index in [1.807, 2.05) is 97.3 Å². The Morgan fingerprint density at radius 2 is 1.71 bits per heavy atom. The van der Waals surface area contributed by atoms with Gasteiger partial charge in [-0.3, -0.25) is 9.36 Å². The summed E-state index contributed by atoms with van der Waals surface area (Å²) in [6, 6.07) is 25.7. The van der Waals surface area contributed by atoms with Crippen molar-refractivity contribution in [1.82, 2.24) is 14.8 Å². The lowest BCUT2D eigenvalue weighted by atomic mass is 10.1. The van der Waals surface area contributed by atoms with E-state index in [0.29, 0.717) is 18.3 Å². The molecule has 0 fully saturated rings. The van der Waals surface area contributed by atoms with E-state index in [1.54, 1.807) is 7.11 Å². The number of aryl methyl sites for hydroxylation is 2. The third kappa shape index (κ3) is 5.55. The van der Waals surface area contributed by atoms with Crippen LogP contribution in [0.3, 0.4) is 0 Å². The van der Waals surface area contributed by atoms with Gasteiger partial charge in [0.25, 0.3) is 0 Å². The lowest BCUT2D eigenvalue weighted by Gasteiger charge is -2.18. The van der Waals surface area contributed by atoms with Gasteiger partial charge in [-0.15, -0.1) is 10.2 Å². The lowest BCUT2D eigenvalue weighted by molar-refractivity contribution is -0.115. The summed E-state index contributed by atoms with van der Waals surface area (Å²) in [6.45, 7) is 5.10. The highest BCUT2D eigenvalue weighted by Gasteiger charge is 2.26. The highest BCUT2D eigenvalue weighted by molar-refractivity contribution is 8.00. The van der Waals surface area contributed by atoms with Crippen LogP contribution in [-0.4, -0.2) is 34.4 Å². The molecule has 0 spiro atoms. The molecule has 1 aromatic heterocycles. The second-order valence-corrected chi connectivity index (χ2v) is 9.11. The molecule has 174 valence electrons. The van der Waals surface area contributed by atoms with Crippen LogP contribution in [0.1, 0.15) is 21.9 Å². The van der Waals surface area contributed by atoms with Crippen LogP contribution >= 0.6 is 11.8 Å². The average molecular weight is 473 g/mol. The van der Waals surface area contributed by atoms with Gasteiger partial charge in [0.1, 0.15) is 5.25 Å². The summed E-state index contributed by atoms with van der Waals surface area (Å²) in [4.78, 5) is 13.6. The molecule has 0 bridgehead atoms. The van der Waals surface area contributed by atoms with Gasteiger partial charge in [0, 0.05) is 18.4 Å². The zero-order valence-electron chi connectivity index (χ0n) is 19.6. The molecule has 1 heterocycles. The van der Waals surface area contributed by atoms with Crippen LogP contribution in [0, 0.1) is 13.8 Å². The summed E-state index contributed by atoms with van der Waals surface area (Å²) in [5.41, 5.74) is 4.80. The smallest absolute Gasteiger partial charge is 0.242 e. The summed E-state index contributed by atoms with van der Waals surface area (Å²) in [5.74, 6) is 0.648. The van der Waals surface area contributed by atoms with E-state index in [9.17, 15) is 4.79 Å². The first kappa shape index (κ1) is 23.7. The maximum absolute atomic E-state index is 13.6. The lowest BCUT2D eigenvalue weighted by Crippen LogP contribution is -2.20. The molecule has 0 aliphatic heterocycles. The molecule has 7 heteroatoms. The number of nitrogens with one attached hydrogen (secondary N) is 1. The third-order valence-electron chi connectivity index (χ3n) is 5.48. The van der Waals surface area contributed by atoms with E-state index >= 15 is 0 Å². The fourth-order valence-corrected chi connectivity index (χ4v) is 4.70. The largest absolute Gasteiger partial charge is 0.383 e. The predicted octanol–water partition coefficient (Wildman–Crippen LogP) is 5.68. The van der Waals surface area contributed by atoms with Crippen molar-refractivity contribution in [2.24, 2.45) is 0 Å². The Morgan fingerprint density at radius 1 is 1.00 bits per heavy atom. The van der Waals surface area contributed by atoms with Crippen molar-refractivity contribution in [2.75, 3.05) is 19.0 Å². The van der Waals surface area contributed by atoms with E-state index in [2.05, 4.69) is 15.5 Å². The number of nitrogens with zero attached hydrogens (tertiary/aromatic N) is 3. The number of anilines is 1. The first-order chi connectivity index (χ1) is 16.6. The fourth-order valence-electron chi connectivity index (χ4n) is 3.64. The number of thioether (sulfide) groups is 1. The van der Waals surface area contributed by atoms with Gasteiger partial charge in [0.2, 0.25) is 5.91 Å². The van der Waals surface area contributed by atoms with Gasteiger partial charge in [-0.25, -0.2) is 0 Å². The summed E-state index contributed by atoms with van der Waals surface area (Å²) < 4.78 is 7.36. The van der Waals surface area contributed by atoms with E-state index in [1.165, 1.54) is 11.8 Å². The van der Waals surface area contributed by atoms with Crippen molar-refractivity contribution in [3.05, 3.63) is 95.6 Å². The van der Waals surface area contributed by atoms with Gasteiger partial charge < -0.3 is 10.1 Å². The summed E-state index contributed by atoms with van der Waals surface area (Å²) in [5, 5.41) is 12.2. The molecule has 4 rings (SSSR count). The average Bonchev–Trinajstić information content (AvgIpc) is 3.26. The van der Waals surface area contributed by atoms with E-state index in [0.717, 1.165) is 33.8 Å². The number of carbonyl (C=O) groups is 1. The van der Waals surface area contributed by atoms with Crippen molar-refractivity contribution in [2.45, 2.75) is 30.8 Å². The molecule has 1 atom stereocenters. The molecule has 0 aliphatic rings. The van der Waals surface area contributed by atoms with Gasteiger partial charge in [0.15, 0.2) is 11.0 Å². The van der Waals surface area contributed by atoms with Gasteiger partial charge >= 0.3 is 0 Å². The Hall–Kier alpha value is -3.42. The van der Waals surface area contributed by atoms with Gasteiger partial charge in [-0.05, 0) is 36.6 Å². The zero-order chi connectivity index (χ0) is 23.9. The normalized spacial score (nSPS) is 11.9. The monoisotopic (exact) mass is 472 g/mol. The minimum Gasteiger partial charge on any atom is -0.383 e. The second-order valence-electron chi connectivity index (χ2n) is 8.03. The van der Waals surface area contributed by atoms with Crippen molar-refractivity contribution >= 4 is 23.4 Å². The van der Waals surface area contributed by atoms with Crippen LogP contribution in [0.5, 0.6) is 0 Å². The standard InChI is InChI=1S/C27H28N4O2S/c1-19-14-15-20(2)23(18-19)28-26(32)24(21-10-6-4-7-11-21)34-27-30-29-25(31(27)16-17-33-3)22-12-8-5-9-13-22/h4-15,18,24H,16-17H2,1-3H3,(H,28,32). The molecule has 1 amide bonds. The number of amides is 1. The fraction of sp³-hybridized carbons (Fsp3) is 0.222. The SMILES string of the molecule is COCCn1c(SC(C(=O)Nc2cc(C)ccc2C)c2ccccc2)nnc1-c1ccccc1. The first-order valence-electron chi connectivity index (χ1n) is 11.1. The Labute approximate surface area is 204 Å². The van der Waals surface area contributed by atoms with Crippen LogP contribution in [0.2, 0.25) is 0 Å². The Kier molecular flexibility index (Phi) is 7.77. The van der Waals surface area contributed by atoms with E-state index in [-0.39, 0.29) is 5.91 Å². The Balaban J connectivity index is 1.69. The topological polar surface area (TPSA) is 69.0 Å². The molecule has 34 heavy (non-hydrogen) atoms. The Morgan fingerprint density at radius 3 is 2.41 bits per heavy atom. The molecule has 0 saturated carbocycles. The minimum absolute atomic E-state index is 0.104. The van der Waals surface area contributed by atoms with E-state index in [4.69, 9.17) is 4.74 Å². The van der Waals surface area contributed by atoms with Crippen LogP contribution in [0.25, 0.3) is 11.4 Å². The van der Waals surface area contributed by atoms with Gasteiger partial charge in [-0.2, -0.15) is 0 Å². The number of hydrogen-bond acceptors (Lipinski definition) is 5. The highest BCUT2D eigenvalue weighted by atomic mass is 32.2. The van der Waals surface area contributed by atoms with Crippen LogP contribution in [0.4, 0.5) is 5.69 Å². The highest BCUT2D eigenvalue weighted by Crippen LogP contribution is 2.37. The minimum atomic E-state index is -0.504. The molecular formula is C27H28N4O2S. The molecule has 4 aromatic rings. The van der Waals surface area contributed by atoms with Crippen molar-refractivity contribution in [3.63, 3.8) is 0 Å². The summed E-state index contributed by atoms with van der Waals surface area (Å²) >= 11 is 1.39. The predicted molar refractivity (Wildman–Crippen MR) is 137 cm³/mol. The number of rotatable bonds is 9. The quantitative estimate of drug-likeness (QED) is 0.317. The van der Waals surface area contributed by atoms with E-state index < -0.39 is 5.25 Å². The van der Waals surface area contributed by atoms with Crippen molar-refractivity contribution < 1.29 is 9.53 Å². The van der Waals surface area contributed by atoms with Crippen molar-refractivity contribution in [1.29, 1.82) is 0 Å². The Bertz CT molecular complexity index is 1240. The van der Waals surface area contributed by atoms with Gasteiger partial charge in [0.05, 0.1) is 13.2 Å². The van der Waals surface area contributed by atoms with Crippen LogP contribution in [-0.2, 0) is 16.1 Å². The first-order valence-corrected chi connectivity index (χ1v) is 12.0. The number of ether oxygens (including phenoxy) is 1. The number of methoxy groups -OCH3 is 1. The number of benzene rings is 3. The van der Waals surface area contributed by atoms with Gasteiger partial charge in [-0.1, -0.05) is 84.6 Å². The molecule has 1 unspecified atom stereocenters. The third-order valence-corrected chi connectivity index (χ3v) is 6.72. The number of carbonyl (C=O) groups excluding carboxylic acids is 1. The molecule has 0 saturated heterocycles. The maximum atomic E-state index is 13.6. The number of hydrogen-bond donors (Lipinski definition) is 1. The van der Waals surface area contributed by atoms with Crippen LogP contribution < -0.4 is 5.32 Å². The maximum Gasteiger partial charge on any atom is 0.242 e. The summed E-state index contributed by atoms with van der Waals surface area (Å²) in [7, 11) is 1.67. The van der Waals surface area contributed by atoms with Crippen molar-refractivity contribution in [3.8, 4) is 11.4 Å². The molecule has 0 radical (unpaired) electrons. The molecule has 1 N–H and O–H groups in total. The molecule has 0 aliphatic carbocycles.